The average Bonchev–Trinajstić information content (AvgIpc) is 3.91. The summed E-state index contributed by atoms with van der Waals surface area (Å²) >= 11 is 0. The fourth-order valence-corrected chi connectivity index (χ4v) is 7.37. The number of ether oxygens (including phenoxy) is 1. The van der Waals surface area contributed by atoms with E-state index in [2.05, 4.69) is 35.1 Å². The minimum absolute atomic E-state index is 0.0450. The summed E-state index contributed by atoms with van der Waals surface area (Å²) in [4.78, 5) is 52.9. The molecule has 3 aromatic heterocycles. The fraction of sp³-hybridized carbons (Fsp3) is 0.600. The van der Waals surface area contributed by atoms with Crippen LogP contribution in [-0.4, -0.2) is 130 Å². The molecule has 0 bridgehead atoms. The Morgan fingerprint density at radius 3 is 2.59 bits per heavy atom. The Balaban J connectivity index is 1.01. The van der Waals surface area contributed by atoms with Crippen molar-refractivity contribution in [2.24, 2.45) is 5.41 Å². The minimum Gasteiger partial charge on any atom is -0.387 e. The molecule has 51 heavy (non-hydrogen) atoms. The van der Waals surface area contributed by atoms with Crippen molar-refractivity contribution in [1.82, 2.24) is 44.2 Å². The van der Waals surface area contributed by atoms with Crippen molar-refractivity contribution in [2.75, 3.05) is 50.3 Å². The summed E-state index contributed by atoms with van der Waals surface area (Å²) < 4.78 is 7.91. The number of aliphatic hydroxyl groups excluding tert-OH is 2. The maximum Gasteiger partial charge on any atom is 0.229 e. The number of amides is 2. The van der Waals surface area contributed by atoms with Gasteiger partial charge in [-0.05, 0) is 43.9 Å². The molecule has 0 unspecified atom stereocenters. The zero-order valence-electron chi connectivity index (χ0n) is 29.5. The number of aliphatic hydroxyl groups is 2. The summed E-state index contributed by atoms with van der Waals surface area (Å²) in [7, 11) is 0. The molecule has 0 saturated carbocycles. The molecule has 0 spiro atoms. The van der Waals surface area contributed by atoms with E-state index in [4.69, 9.17) is 15.5 Å². The van der Waals surface area contributed by atoms with E-state index in [0.717, 1.165) is 74.4 Å². The van der Waals surface area contributed by atoms with E-state index < -0.39 is 30.0 Å². The molecule has 4 aromatic rings. The zero-order valence-corrected chi connectivity index (χ0v) is 29.5. The van der Waals surface area contributed by atoms with E-state index in [-0.39, 0.29) is 23.7 Å². The lowest BCUT2D eigenvalue weighted by molar-refractivity contribution is -0.131. The molecule has 6 N–H and O–H groups in total. The first-order valence-electron chi connectivity index (χ1n) is 17.9. The van der Waals surface area contributed by atoms with Crippen molar-refractivity contribution < 1.29 is 24.5 Å². The van der Waals surface area contributed by atoms with Crippen LogP contribution in [0.1, 0.15) is 64.9 Å². The highest BCUT2D eigenvalue weighted by atomic mass is 16.6. The zero-order chi connectivity index (χ0) is 35.9. The number of hydrogen-bond acceptors (Lipinski definition) is 12. The Morgan fingerprint density at radius 2 is 1.84 bits per heavy atom. The molecule has 6 heterocycles. The molecular weight excluding hydrogens is 654 g/mol. The standard InChI is InChI=1S/C35H49N11O5/c1-35(2,3)34(50)40-21-6-7-23-24(16-21)42-26(41-23)18-43-13-8-22(9-14-43)45(15-10-27(47)44-11-4-5-12-44)17-25-29(48)30(49)33(51-25)46-20-39-28-31(36)37-19-38-32(28)46/h6-7,16,19-20,22,25,29-30,33,48-49H,4-5,8-15,17-18H2,1-3H3,(H,40,50)(H,41,42)(H2,36,37,38)/t25-,29-,30-,33-/m1/s1. The summed E-state index contributed by atoms with van der Waals surface area (Å²) in [5, 5.41) is 25.3. The van der Waals surface area contributed by atoms with Gasteiger partial charge in [0.2, 0.25) is 11.8 Å². The van der Waals surface area contributed by atoms with Gasteiger partial charge in [-0.15, -0.1) is 0 Å². The van der Waals surface area contributed by atoms with Crippen LogP contribution in [0.15, 0.2) is 30.9 Å². The minimum atomic E-state index is -1.21. The van der Waals surface area contributed by atoms with Crippen LogP contribution in [0.5, 0.6) is 0 Å². The first-order valence-corrected chi connectivity index (χ1v) is 17.9. The number of likely N-dealkylation sites (tertiary alicyclic amines) is 2. The van der Waals surface area contributed by atoms with Gasteiger partial charge in [0, 0.05) is 62.8 Å². The lowest BCUT2D eigenvalue weighted by atomic mass is 9.95. The molecule has 16 heteroatoms. The first kappa shape index (κ1) is 35.2. The number of rotatable bonds is 10. The molecule has 0 aliphatic carbocycles. The number of H-pyrrole nitrogens is 1. The van der Waals surface area contributed by atoms with Gasteiger partial charge in [0.15, 0.2) is 17.7 Å². The van der Waals surface area contributed by atoms with Gasteiger partial charge in [-0.3, -0.25) is 24.0 Å². The second kappa shape index (κ2) is 14.4. The number of fused-ring (bicyclic) bond motifs is 2. The molecule has 3 aliphatic rings. The van der Waals surface area contributed by atoms with Crippen LogP contribution in [0.3, 0.4) is 0 Å². The second-order valence-electron chi connectivity index (χ2n) is 15.1. The predicted octanol–water partition coefficient (Wildman–Crippen LogP) is 1.87. The van der Waals surface area contributed by atoms with Crippen molar-refractivity contribution >= 4 is 45.5 Å². The van der Waals surface area contributed by atoms with Crippen LogP contribution in [-0.2, 0) is 20.9 Å². The molecule has 3 fully saturated rings. The van der Waals surface area contributed by atoms with Crippen LogP contribution in [0.25, 0.3) is 22.2 Å². The van der Waals surface area contributed by atoms with E-state index in [9.17, 15) is 19.8 Å². The van der Waals surface area contributed by atoms with Crippen LogP contribution < -0.4 is 11.1 Å². The van der Waals surface area contributed by atoms with E-state index in [1.165, 1.54) is 12.7 Å². The third kappa shape index (κ3) is 7.55. The molecule has 3 saturated heterocycles. The van der Waals surface area contributed by atoms with Crippen molar-refractivity contribution in [3.63, 3.8) is 0 Å². The number of hydrogen-bond donors (Lipinski definition) is 5. The monoisotopic (exact) mass is 703 g/mol. The van der Waals surface area contributed by atoms with E-state index in [0.29, 0.717) is 37.2 Å². The van der Waals surface area contributed by atoms with E-state index >= 15 is 0 Å². The Hall–Kier alpha value is -4.22. The SMILES string of the molecule is CC(C)(C)C(=O)Nc1ccc2nc(CN3CCC(N(CCC(=O)N4CCCC4)C[C@H]4O[C@@H](n5cnc6c(N)ncnc65)[C@H](O)[C@@H]4O)CC3)[nH]c2c1. The topological polar surface area (TPSA) is 204 Å². The highest BCUT2D eigenvalue weighted by Crippen LogP contribution is 2.33. The van der Waals surface area contributed by atoms with E-state index in [1.807, 2.05) is 43.9 Å². The summed E-state index contributed by atoms with van der Waals surface area (Å²) in [6.07, 6.45) is 3.02. The molecule has 7 rings (SSSR count). The van der Waals surface area contributed by atoms with Gasteiger partial charge in [-0.1, -0.05) is 20.8 Å². The number of anilines is 2. The summed E-state index contributed by atoms with van der Waals surface area (Å²) in [6, 6.07) is 5.87. The summed E-state index contributed by atoms with van der Waals surface area (Å²) in [5.41, 5.74) is 8.74. The molecule has 3 aliphatic heterocycles. The van der Waals surface area contributed by atoms with Gasteiger partial charge >= 0.3 is 0 Å². The van der Waals surface area contributed by atoms with Crippen molar-refractivity contribution in [2.45, 2.75) is 90.0 Å². The fourth-order valence-electron chi connectivity index (χ4n) is 7.37. The first-order chi connectivity index (χ1) is 24.4. The van der Waals surface area contributed by atoms with Gasteiger partial charge in [0.05, 0.1) is 23.9 Å². The Bertz CT molecular complexity index is 1860. The maximum atomic E-state index is 13.1. The molecule has 4 atom stereocenters. The number of imidazole rings is 2. The highest BCUT2D eigenvalue weighted by molar-refractivity contribution is 5.96. The number of nitrogens with zero attached hydrogens (tertiary/aromatic N) is 8. The number of nitrogens with two attached hydrogens (primary N) is 1. The number of nitrogen functional groups attached to an aromatic ring is 1. The number of aromatic nitrogens is 6. The predicted molar refractivity (Wildman–Crippen MR) is 190 cm³/mol. The number of carbonyl (C=O) groups is 2. The molecule has 16 nitrogen and oxygen atoms in total. The Morgan fingerprint density at radius 1 is 1.08 bits per heavy atom. The quantitative estimate of drug-likeness (QED) is 0.161. The molecule has 274 valence electrons. The second-order valence-corrected chi connectivity index (χ2v) is 15.1. The van der Waals surface area contributed by atoms with Crippen LogP contribution >= 0.6 is 0 Å². The highest BCUT2D eigenvalue weighted by Gasteiger charge is 2.45. The Labute approximate surface area is 296 Å². The van der Waals surface area contributed by atoms with Crippen molar-refractivity contribution in [1.29, 1.82) is 0 Å². The van der Waals surface area contributed by atoms with Crippen LogP contribution in [0.2, 0.25) is 0 Å². The van der Waals surface area contributed by atoms with Crippen molar-refractivity contribution in [3.8, 4) is 0 Å². The largest absolute Gasteiger partial charge is 0.387 e. The Kier molecular flexibility index (Phi) is 9.95. The summed E-state index contributed by atoms with van der Waals surface area (Å²) in [6.45, 7) is 10.5. The summed E-state index contributed by atoms with van der Waals surface area (Å²) in [5.74, 6) is 1.18. The van der Waals surface area contributed by atoms with Gasteiger partial charge in [0.25, 0.3) is 0 Å². The molecule has 1 aromatic carbocycles. The molecular formula is C35H49N11O5. The molecule has 2 amide bonds. The van der Waals surface area contributed by atoms with Crippen molar-refractivity contribution in [3.05, 3.63) is 36.7 Å². The van der Waals surface area contributed by atoms with E-state index in [1.54, 1.807) is 4.57 Å². The van der Waals surface area contributed by atoms with Crippen LogP contribution in [0, 0.1) is 5.41 Å². The van der Waals surface area contributed by atoms with Gasteiger partial charge in [-0.2, -0.15) is 0 Å². The third-order valence-corrected chi connectivity index (χ3v) is 10.4. The maximum absolute atomic E-state index is 13.1. The van der Waals surface area contributed by atoms with Gasteiger partial charge in [0.1, 0.15) is 36.0 Å². The van der Waals surface area contributed by atoms with Gasteiger partial charge < -0.3 is 35.9 Å². The number of piperidine rings is 1. The average molecular weight is 704 g/mol. The normalized spacial score (nSPS) is 23.6. The number of aromatic amines is 1. The third-order valence-electron chi connectivity index (χ3n) is 10.4. The number of benzene rings is 1. The lowest BCUT2D eigenvalue weighted by Crippen LogP contribution is -2.50. The lowest BCUT2D eigenvalue weighted by Gasteiger charge is -2.39. The number of carbonyl (C=O) groups excluding carboxylic acids is 2. The molecule has 0 radical (unpaired) electrons. The smallest absolute Gasteiger partial charge is 0.229 e. The van der Waals surface area contributed by atoms with Crippen LogP contribution in [0.4, 0.5) is 11.5 Å². The van der Waals surface area contributed by atoms with Gasteiger partial charge in [-0.25, -0.2) is 19.9 Å². The number of nitrogens with one attached hydrogen (secondary N) is 2.